The Labute approximate surface area is 124 Å². The molecular formula is C14H23N5O2. The molecule has 3 N–H and O–H groups in total. The van der Waals surface area contributed by atoms with E-state index in [1.54, 1.807) is 11.9 Å². The molecule has 0 unspecified atom stereocenters. The van der Waals surface area contributed by atoms with Crippen LogP contribution in [0.1, 0.15) is 37.2 Å². The van der Waals surface area contributed by atoms with Crippen LogP contribution in [-0.4, -0.2) is 45.6 Å². The molecule has 1 aliphatic heterocycles. The van der Waals surface area contributed by atoms with Crippen molar-refractivity contribution in [1.29, 1.82) is 0 Å². The Morgan fingerprint density at radius 1 is 1.38 bits per heavy atom. The predicted molar refractivity (Wildman–Crippen MR) is 79.5 cm³/mol. The van der Waals surface area contributed by atoms with Gasteiger partial charge in [0.1, 0.15) is 5.69 Å². The first-order valence-electron chi connectivity index (χ1n) is 7.27. The lowest BCUT2D eigenvalue weighted by Gasteiger charge is -2.32. The quantitative estimate of drug-likeness (QED) is 0.842. The molecule has 1 aromatic heterocycles. The molecule has 7 heteroatoms. The molecule has 1 saturated heterocycles. The summed E-state index contributed by atoms with van der Waals surface area (Å²) in [7, 11) is 1.71. The Hall–Kier alpha value is -2.05. The summed E-state index contributed by atoms with van der Waals surface area (Å²) >= 11 is 0. The Kier molecular flexibility index (Phi) is 4.50. The molecule has 0 saturated carbocycles. The fourth-order valence-electron chi connectivity index (χ4n) is 2.46. The number of nitrogens with one attached hydrogen (secondary N) is 1. The van der Waals surface area contributed by atoms with Crippen molar-refractivity contribution in [3.8, 4) is 0 Å². The number of nitrogen functional groups attached to an aromatic ring is 1. The van der Waals surface area contributed by atoms with Crippen molar-refractivity contribution in [2.75, 3.05) is 18.8 Å². The van der Waals surface area contributed by atoms with Crippen molar-refractivity contribution >= 4 is 17.5 Å². The summed E-state index contributed by atoms with van der Waals surface area (Å²) in [6.45, 7) is 4.98. The molecule has 0 radical (unpaired) electrons. The highest BCUT2D eigenvalue weighted by molar-refractivity contribution is 5.97. The van der Waals surface area contributed by atoms with Crippen LogP contribution in [0.4, 0.5) is 5.69 Å². The molecule has 0 atom stereocenters. The molecule has 7 nitrogen and oxygen atoms in total. The number of aromatic nitrogens is 2. The Morgan fingerprint density at radius 3 is 2.48 bits per heavy atom. The highest BCUT2D eigenvalue weighted by atomic mass is 16.2. The second kappa shape index (κ2) is 6.15. The Balaban J connectivity index is 1.92. The lowest BCUT2D eigenvalue weighted by atomic mass is 10.0. The van der Waals surface area contributed by atoms with Crippen LogP contribution in [0.3, 0.4) is 0 Å². The van der Waals surface area contributed by atoms with Gasteiger partial charge in [-0.15, -0.1) is 0 Å². The number of likely N-dealkylation sites (tertiary alicyclic amines) is 1. The van der Waals surface area contributed by atoms with Crippen molar-refractivity contribution < 1.29 is 9.59 Å². The standard InChI is InChI=1S/C14H23N5O2/c1-9(2)13(20)17-10-4-6-19(7-5-10)14(21)12-11(15)8-16-18(12)3/h8-10H,4-7,15H2,1-3H3,(H,17,20). The van der Waals surface area contributed by atoms with Crippen LogP contribution in [0.2, 0.25) is 0 Å². The Bertz CT molecular complexity index is 510. The van der Waals surface area contributed by atoms with Gasteiger partial charge in [0, 0.05) is 32.1 Å². The van der Waals surface area contributed by atoms with Crippen molar-refractivity contribution in [2.24, 2.45) is 13.0 Å². The molecule has 0 bridgehead atoms. The van der Waals surface area contributed by atoms with Gasteiger partial charge in [0.15, 0.2) is 0 Å². The molecule has 2 rings (SSSR count). The van der Waals surface area contributed by atoms with E-state index in [1.807, 2.05) is 13.8 Å². The van der Waals surface area contributed by atoms with Gasteiger partial charge >= 0.3 is 0 Å². The summed E-state index contributed by atoms with van der Waals surface area (Å²) in [6, 6.07) is 0.146. The van der Waals surface area contributed by atoms with Crippen LogP contribution in [0.15, 0.2) is 6.20 Å². The number of nitrogens with zero attached hydrogens (tertiary/aromatic N) is 3. The minimum Gasteiger partial charge on any atom is -0.396 e. The van der Waals surface area contributed by atoms with E-state index in [2.05, 4.69) is 10.4 Å². The average molecular weight is 293 g/mol. The zero-order chi connectivity index (χ0) is 15.6. The third kappa shape index (κ3) is 3.34. The van der Waals surface area contributed by atoms with Crippen LogP contribution in [0.5, 0.6) is 0 Å². The number of hydrogen-bond acceptors (Lipinski definition) is 4. The fourth-order valence-corrected chi connectivity index (χ4v) is 2.46. The molecule has 2 amide bonds. The van der Waals surface area contributed by atoms with E-state index in [9.17, 15) is 9.59 Å². The summed E-state index contributed by atoms with van der Waals surface area (Å²) in [5.41, 5.74) is 6.62. The summed E-state index contributed by atoms with van der Waals surface area (Å²) < 4.78 is 1.50. The van der Waals surface area contributed by atoms with Crippen LogP contribution in [-0.2, 0) is 11.8 Å². The summed E-state index contributed by atoms with van der Waals surface area (Å²) in [5.74, 6) is -0.0457. The Morgan fingerprint density at radius 2 is 2.00 bits per heavy atom. The number of hydrogen-bond donors (Lipinski definition) is 2. The molecule has 0 aliphatic carbocycles. The topological polar surface area (TPSA) is 93.2 Å². The number of piperidine rings is 1. The maximum atomic E-state index is 12.4. The third-order valence-electron chi connectivity index (χ3n) is 3.82. The van der Waals surface area contributed by atoms with E-state index < -0.39 is 0 Å². The molecule has 0 spiro atoms. The molecule has 1 fully saturated rings. The molecule has 21 heavy (non-hydrogen) atoms. The summed E-state index contributed by atoms with van der Waals surface area (Å²) in [6.07, 6.45) is 3.02. The van der Waals surface area contributed by atoms with Gasteiger partial charge in [0.2, 0.25) is 5.91 Å². The van der Waals surface area contributed by atoms with Gasteiger partial charge in [-0.2, -0.15) is 5.10 Å². The van der Waals surface area contributed by atoms with Crippen LogP contribution >= 0.6 is 0 Å². The van der Waals surface area contributed by atoms with Gasteiger partial charge in [-0.05, 0) is 12.8 Å². The van der Waals surface area contributed by atoms with E-state index >= 15 is 0 Å². The van der Waals surface area contributed by atoms with Crippen molar-refractivity contribution in [3.05, 3.63) is 11.9 Å². The maximum Gasteiger partial charge on any atom is 0.274 e. The highest BCUT2D eigenvalue weighted by Crippen LogP contribution is 2.17. The van der Waals surface area contributed by atoms with E-state index in [-0.39, 0.29) is 23.8 Å². The number of carbonyl (C=O) groups excluding carboxylic acids is 2. The molecule has 116 valence electrons. The first kappa shape index (κ1) is 15.3. The summed E-state index contributed by atoms with van der Waals surface area (Å²) in [5, 5.41) is 7.01. The van der Waals surface area contributed by atoms with E-state index in [1.165, 1.54) is 10.9 Å². The normalized spacial score (nSPS) is 16.3. The monoisotopic (exact) mass is 293 g/mol. The van der Waals surface area contributed by atoms with Crippen LogP contribution in [0.25, 0.3) is 0 Å². The average Bonchev–Trinajstić information content (AvgIpc) is 2.78. The molecular weight excluding hydrogens is 270 g/mol. The minimum atomic E-state index is -0.0962. The van der Waals surface area contributed by atoms with Gasteiger partial charge < -0.3 is 16.0 Å². The smallest absolute Gasteiger partial charge is 0.274 e. The predicted octanol–water partition coefficient (Wildman–Crippen LogP) is 0.379. The number of nitrogens with two attached hydrogens (primary N) is 1. The number of rotatable bonds is 3. The van der Waals surface area contributed by atoms with Crippen LogP contribution < -0.4 is 11.1 Å². The fraction of sp³-hybridized carbons (Fsp3) is 0.643. The van der Waals surface area contributed by atoms with Gasteiger partial charge in [-0.3, -0.25) is 14.3 Å². The van der Waals surface area contributed by atoms with Crippen molar-refractivity contribution in [2.45, 2.75) is 32.7 Å². The molecule has 0 aromatic carbocycles. The van der Waals surface area contributed by atoms with Crippen molar-refractivity contribution in [1.82, 2.24) is 20.0 Å². The van der Waals surface area contributed by atoms with Gasteiger partial charge in [-0.25, -0.2) is 0 Å². The van der Waals surface area contributed by atoms with E-state index in [0.717, 1.165) is 12.8 Å². The largest absolute Gasteiger partial charge is 0.396 e. The SMILES string of the molecule is CC(C)C(=O)NC1CCN(C(=O)c2c(N)cnn2C)CC1. The van der Waals surface area contributed by atoms with E-state index in [0.29, 0.717) is 24.5 Å². The lowest BCUT2D eigenvalue weighted by Crippen LogP contribution is -2.47. The van der Waals surface area contributed by atoms with Gasteiger partial charge in [-0.1, -0.05) is 13.8 Å². The second-order valence-corrected chi connectivity index (χ2v) is 5.80. The zero-order valence-corrected chi connectivity index (χ0v) is 12.8. The first-order chi connectivity index (χ1) is 9.90. The number of anilines is 1. The lowest BCUT2D eigenvalue weighted by molar-refractivity contribution is -0.124. The first-order valence-corrected chi connectivity index (χ1v) is 7.27. The highest BCUT2D eigenvalue weighted by Gasteiger charge is 2.27. The second-order valence-electron chi connectivity index (χ2n) is 5.80. The number of aryl methyl sites for hydroxylation is 1. The molecule has 2 heterocycles. The molecule has 1 aliphatic rings. The molecule has 1 aromatic rings. The van der Waals surface area contributed by atoms with Crippen molar-refractivity contribution in [3.63, 3.8) is 0 Å². The van der Waals surface area contributed by atoms with E-state index in [4.69, 9.17) is 5.73 Å². The van der Waals surface area contributed by atoms with Gasteiger partial charge in [0.05, 0.1) is 11.9 Å². The number of amides is 2. The van der Waals surface area contributed by atoms with Crippen LogP contribution in [0, 0.1) is 5.92 Å². The maximum absolute atomic E-state index is 12.4. The number of carbonyl (C=O) groups is 2. The third-order valence-corrected chi connectivity index (χ3v) is 3.82. The summed E-state index contributed by atoms with van der Waals surface area (Å²) in [4.78, 5) is 25.9. The zero-order valence-electron chi connectivity index (χ0n) is 12.8. The van der Waals surface area contributed by atoms with Gasteiger partial charge in [0.25, 0.3) is 5.91 Å². The minimum absolute atomic E-state index is 0.0149.